The van der Waals surface area contributed by atoms with Gasteiger partial charge in [-0.25, -0.2) is 4.39 Å². The van der Waals surface area contributed by atoms with Crippen LogP contribution < -0.4 is 5.48 Å². The molecule has 1 N–H and O–H groups in total. The van der Waals surface area contributed by atoms with Crippen molar-refractivity contribution in [3.63, 3.8) is 0 Å². The van der Waals surface area contributed by atoms with Crippen LogP contribution in [0.15, 0.2) is 54.6 Å². The summed E-state index contributed by atoms with van der Waals surface area (Å²) in [4.78, 5) is 5.48. The largest absolute Gasteiger partial charge is 0.268 e. The van der Waals surface area contributed by atoms with E-state index in [0.717, 1.165) is 11.3 Å². The van der Waals surface area contributed by atoms with Gasteiger partial charge in [0.25, 0.3) is 0 Å². The molecule has 0 unspecified atom stereocenters. The summed E-state index contributed by atoms with van der Waals surface area (Å²) in [5.74, 6) is -0.239. The van der Waals surface area contributed by atoms with Gasteiger partial charge in [0.15, 0.2) is 0 Å². The van der Waals surface area contributed by atoms with Crippen molar-refractivity contribution in [1.29, 1.82) is 0 Å². The second kappa shape index (κ2) is 5.46. The van der Waals surface area contributed by atoms with Crippen LogP contribution in [-0.2, 0) is 4.84 Å². The first kappa shape index (κ1) is 11.6. The first-order valence-electron chi connectivity index (χ1n) is 5.48. The number of hydrogen-bond donors (Lipinski definition) is 1. The Morgan fingerprint density at radius 1 is 1.00 bits per heavy atom. The summed E-state index contributed by atoms with van der Waals surface area (Å²) in [6.45, 7) is 1.91. The van der Waals surface area contributed by atoms with Gasteiger partial charge in [-0.15, -0.1) is 0 Å². The van der Waals surface area contributed by atoms with E-state index in [2.05, 4.69) is 5.48 Å². The van der Waals surface area contributed by atoms with Crippen LogP contribution >= 0.6 is 0 Å². The fourth-order valence-corrected chi connectivity index (χ4v) is 1.46. The van der Waals surface area contributed by atoms with Crippen LogP contribution in [-0.4, -0.2) is 0 Å². The molecule has 0 fully saturated rings. The van der Waals surface area contributed by atoms with Crippen LogP contribution in [0.1, 0.15) is 18.6 Å². The summed E-state index contributed by atoms with van der Waals surface area (Å²) in [5, 5.41) is 0. The quantitative estimate of drug-likeness (QED) is 0.805. The summed E-state index contributed by atoms with van der Waals surface area (Å²) >= 11 is 0. The van der Waals surface area contributed by atoms with E-state index in [9.17, 15) is 4.39 Å². The summed E-state index contributed by atoms with van der Waals surface area (Å²) in [5.41, 5.74) is 4.68. The molecule has 2 rings (SSSR count). The molecule has 0 heterocycles. The molecule has 1 atom stereocenters. The first-order chi connectivity index (χ1) is 8.25. The predicted octanol–water partition coefficient (Wildman–Crippen LogP) is 3.93. The lowest BCUT2D eigenvalue weighted by Gasteiger charge is -2.14. The van der Waals surface area contributed by atoms with Crippen molar-refractivity contribution >= 4 is 5.69 Å². The zero-order valence-electron chi connectivity index (χ0n) is 9.56. The monoisotopic (exact) mass is 231 g/mol. The molecule has 0 amide bonds. The van der Waals surface area contributed by atoms with E-state index >= 15 is 0 Å². The first-order valence-corrected chi connectivity index (χ1v) is 5.48. The highest BCUT2D eigenvalue weighted by atomic mass is 19.1. The van der Waals surface area contributed by atoms with Crippen molar-refractivity contribution < 1.29 is 9.23 Å². The normalized spacial score (nSPS) is 12.1. The second-order valence-electron chi connectivity index (χ2n) is 3.78. The molecule has 2 aromatic carbocycles. The molecule has 88 valence electrons. The lowest BCUT2D eigenvalue weighted by molar-refractivity contribution is 0.116. The molecular formula is C14H14FNO. The number of nitrogens with one attached hydrogen (secondary N) is 1. The lowest BCUT2D eigenvalue weighted by Crippen LogP contribution is -2.06. The average Bonchev–Trinajstić information content (AvgIpc) is 2.38. The van der Waals surface area contributed by atoms with Crippen molar-refractivity contribution in [2.75, 3.05) is 5.48 Å². The highest BCUT2D eigenvalue weighted by molar-refractivity contribution is 5.40. The topological polar surface area (TPSA) is 21.3 Å². The smallest absolute Gasteiger partial charge is 0.123 e. The minimum atomic E-state index is -0.239. The Kier molecular flexibility index (Phi) is 3.73. The lowest BCUT2D eigenvalue weighted by atomic mass is 10.1. The molecule has 2 nitrogen and oxygen atoms in total. The Morgan fingerprint density at radius 2 is 1.65 bits per heavy atom. The number of benzene rings is 2. The maximum Gasteiger partial charge on any atom is 0.123 e. The van der Waals surface area contributed by atoms with E-state index in [1.807, 2.05) is 37.3 Å². The standard InChI is InChI=1S/C14H14FNO/c1-11(12-7-9-13(15)10-8-12)17-16-14-5-3-2-4-6-14/h2-11,16H,1H3/t11-/m0/s1. The average molecular weight is 231 g/mol. The molecule has 0 aromatic heterocycles. The van der Waals surface area contributed by atoms with Gasteiger partial charge in [-0.1, -0.05) is 30.3 Å². The fraction of sp³-hybridized carbons (Fsp3) is 0.143. The summed E-state index contributed by atoms with van der Waals surface area (Å²) < 4.78 is 12.7. The maximum absolute atomic E-state index is 12.7. The fourth-order valence-electron chi connectivity index (χ4n) is 1.46. The Balaban J connectivity index is 1.93. The number of anilines is 1. The molecule has 0 aliphatic carbocycles. The van der Waals surface area contributed by atoms with Gasteiger partial charge in [-0.2, -0.15) is 0 Å². The molecule has 0 saturated carbocycles. The molecular weight excluding hydrogens is 217 g/mol. The van der Waals surface area contributed by atoms with Gasteiger partial charge in [0.1, 0.15) is 11.9 Å². The van der Waals surface area contributed by atoms with E-state index in [-0.39, 0.29) is 11.9 Å². The van der Waals surface area contributed by atoms with Crippen molar-refractivity contribution in [2.45, 2.75) is 13.0 Å². The van der Waals surface area contributed by atoms with E-state index in [1.54, 1.807) is 12.1 Å². The third kappa shape index (κ3) is 3.29. The van der Waals surface area contributed by atoms with Crippen LogP contribution in [0, 0.1) is 5.82 Å². The maximum atomic E-state index is 12.7. The SMILES string of the molecule is C[C@H](ONc1ccccc1)c1ccc(F)cc1. The van der Waals surface area contributed by atoms with Crippen molar-refractivity contribution in [3.8, 4) is 0 Å². The Hall–Kier alpha value is -1.87. The Bertz CT molecular complexity index is 455. The molecule has 2 aromatic rings. The molecule has 0 aliphatic rings. The third-order valence-electron chi connectivity index (χ3n) is 2.47. The van der Waals surface area contributed by atoms with E-state index in [4.69, 9.17) is 4.84 Å². The van der Waals surface area contributed by atoms with E-state index < -0.39 is 0 Å². The van der Waals surface area contributed by atoms with Crippen molar-refractivity contribution in [3.05, 3.63) is 66.0 Å². The Morgan fingerprint density at radius 3 is 2.29 bits per heavy atom. The van der Waals surface area contributed by atoms with Crippen LogP contribution in [0.5, 0.6) is 0 Å². The van der Waals surface area contributed by atoms with Gasteiger partial charge in [0.05, 0.1) is 5.69 Å². The van der Waals surface area contributed by atoms with Crippen LogP contribution in [0.25, 0.3) is 0 Å². The van der Waals surface area contributed by atoms with Crippen LogP contribution in [0.2, 0.25) is 0 Å². The zero-order chi connectivity index (χ0) is 12.1. The second-order valence-corrected chi connectivity index (χ2v) is 3.78. The van der Waals surface area contributed by atoms with Gasteiger partial charge in [-0.3, -0.25) is 10.3 Å². The molecule has 0 aliphatic heterocycles. The number of halogens is 1. The molecule has 17 heavy (non-hydrogen) atoms. The molecule has 0 spiro atoms. The highest BCUT2D eigenvalue weighted by Crippen LogP contribution is 2.18. The van der Waals surface area contributed by atoms with Crippen molar-refractivity contribution in [2.24, 2.45) is 0 Å². The van der Waals surface area contributed by atoms with Crippen molar-refractivity contribution in [1.82, 2.24) is 0 Å². The summed E-state index contributed by atoms with van der Waals surface area (Å²) in [7, 11) is 0. The summed E-state index contributed by atoms with van der Waals surface area (Å²) in [6, 6.07) is 15.9. The number of para-hydroxylation sites is 1. The summed E-state index contributed by atoms with van der Waals surface area (Å²) in [6.07, 6.45) is -0.143. The molecule has 0 saturated heterocycles. The number of hydrogen-bond acceptors (Lipinski definition) is 2. The third-order valence-corrected chi connectivity index (χ3v) is 2.47. The number of rotatable bonds is 4. The van der Waals surface area contributed by atoms with Gasteiger partial charge >= 0.3 is 0 Å². The van der Waals surface area contributed by atoms with Crippen LogP contribution in [0.3, 0.4) is 0 Å². The Labute approximate surface area is 100 Å². The molecule has 0 bridgehead atoms. The highest BCUT2D eigenvalue weighted by Gasteiger charge is 2.05. The van der Waals surface area contributed by atoms with Gasteiger partial charge in [-0.05, 0) is 36.8 Å². The van der Waals surface area contributed by atoms with Gasteiger partial charge < -0.3 is 0 Å². The minimum Gasteiger partial charge on any atom is -0.268 e. The predicted molar refractivity (Wildman–Crippen MR) is 66.0 cm³/mol. The molecule has 3 heteroatoms. The van der Waals surface area contributed by atoms with Gasteiger partial charge in [0, 0.05) is 0 Å². The zero-order valence-corrected chi connectivity index (χ0v) is 9.56. The van der Waals surface area contributed by atoms with E-state index in [1.165, 1.54) is 12.1 Å². The molecule has 0 radical (unpaired) electrons. The van der Waals surface area contributed by atoms with Gasteiger partial charge in [0.2, 0.25) is 0 Å². The van der Waals surface area contributed by atoms with E-state index in [0.29, 0.717) is 0 Å². The minimum absolute atomic E-state index is 0.143. The van der Waals surface area contributed by atoms with Crippen LogP contribution in [0.4, 0.5) is 10.1 Å².